The van der Waals surface area contributed by atoms with E-state index in [1.807, 2.05) is 57.7 Å². The molecule has 0 spiro atoms. The molecule has 0 bridgehead atoms. The highest BCUT2D eigenvalue weighted by Crippen LogP contribution is 2.23. The van der Waals surface area contributed by atoms with Gasteiger partial charge in [0, 0.05) is 30.6 Å². The summed E-state index contributed by atoms with van der Waals surface area (Å²) < 4.78 is 0. The number of rotatable bonds is 7. The number of nitrogens with one attached hydrogen (secondary N) is 2. The lowest BCUT2D eigenvalue weighted by atomic mass is 9.87. The molecule has 1 aliphatic rings. The monoisotopic (exact) mass is 401 g/mol. The van der Waals surface area contributed by atoms with Crippen LogP contribution < -0.4 is 10.6 Å². The van der Waals surface area contributed by atoms with Gasteiger partial charge in [-0.05, 0) is 50.7 Å². The third kappa shape index (κ3) is 6.05. The van der Waals surface area contributed by atoms with E-state index >= 15 is 0 Å². The van der Waals surface area contributed by atoms with E-state index in [0.717, 1.165) is 12.0 Å². The Kier molecular flexibility index (Phi) is 8.23. The third-order valence-electron chi connectivity index (χ3n) is 5.78. The number of benzene rings is 1. The fourth-order valence-electron chi connectivity index (χ4n) is 3.70. The van der Waals surface area contributed by atoms with Gasteiger partial charge in [-0.2, -0.15) is 0 Å². The Bertz CT molecular complexity index is 724. The van der Waals surface area contributed by atoms with E-state index in [0.29, 0.717) is 31.5 Å². The maximum absolute atomic E-state index is 13.0. The number of piperidine rings is 1. The molecule has 1 saturated heterocycles. The standard InChI is InChI=1S/C23H35N3O3/c1-6-17(5)24-22(28)20(25-21(27)19-10-8-7-9-16(19)4)18-11-13-26(14-12-18)23(29)15(2)3/h7-10,15,17-18,20H,6,11-14H2,1-5H3,(H,24,28)(H,25,27)/t17-,20-/m0/s1. The fourth-order valence-corrected chi connectivity index (χ4v) is 3.70. The molecule has 6 heteroatoms. The van der Waals surface area contributed by atoms with Crippen LogP contribution in [0.4, 0.5) is 0 Å². The van der Waals surface area contributed by atoms with Crippen molar-refractivity contribution in [3.8, 4) is 0 Å². The minimum absolute atomic E-state index is 0.00300. The van der Waals surface area contributed by atoms with Crippen LogP contribution in [0.3, 0.4) is 0 Å². The number of carbonyl (C=O) groups is 3. The van der Waals surface area contributed by atoms with Crippen LogP contribution in [0, 0.1) is 18.8 Å². The van der Waals surface area contributed by atoms with Gasteiger partial charge in [0.2, 0.25) is 11.8 Å². The van der Waals surface area contributed by atoms with Crippen LogP contribution in [0.1, 0.15) is 62.9 Å². The molecule has 2 rings (SSSR count). The summed E-state index contributed by atoms with van der Waals surface area (Å²) in [5.74, 6) is -0.254. The van der Waals surface area contributed by atoms with Crippen LogP contribution in [0.5, 0.6) is 0 Å². The molecule has 0 unspecified atom stereocenters. The molecular weight excluding hydrogens is 366 g/mol. The van der Waals surface area contributed by atoms with Crippen molar-refractivity contribution in [2.75, 3.05) is 13.1 Å². The normalized spacial score (nSPS) is 17.0. The first-order valence-corrected chi connectivity index (χ1v) is 10.7. The zero-order valence-electron chi connectivity index (χ0n) is 18.3. The Balaban J connectivity index is 2.13. The van der Waals surface area contributed by atoms with Crippen LogP contribution in [-0.2, 0) is 9.59 Å². The van der Waals surface area contributed by atoms with Crippen molar-refractivity contribution in [1.82, 2.24) is 15.5 Å². The third-order valence-corrected chi connectivity index (χ3v) is 5.78. The average molecular weight is 402 g/mol. The lowest BCUT2D eigenvalue weighted by Gasteiger charge is -2.36. The maximum atomic E-state index is 13.0. The van der Waals surface area contributed by atoms with E-state index in [2.05, 4.69) is 10.6 Å². The van der Waals surface area contributed by atoms with Crippen molar-refractivity contribution in [3.05, 3.63) is 35.4 Å². The molecule has 6 nitrogen and oxygen atoms in total. The van der Waals surface area contributed by atoms with Crippen LogP contribution in [0.25, 0.3) is 0 Å². The van der Waals surface area contributed by atoms with Crippen LogP contribution in [-0.4, -0.2) is 47.8 Å². The van der Waals surface area contributed by atoms with E-state index in [1.54, 1.807) is 6.07 Å². The van der Waals surface area contributed by atoms with E-state index in [9.17, 15) is 14.4 Å². The number of likely N-dealkylation sites (tertiary alicyclic amines) is 1. The predicted octanol–water partition coefficient (Wildman–Crippen LogP) is 2.90. The number of amides is 3. The van der Waals surface area contributed by atoms with Crippen molar-refractivity contribution in [2.45, 2.75) is 66.0 Å². The Morgan fingerprint density at radius 2 is 1.69 bits per heavy atom. The lowest BCUT2D eigenvalue weighted by molar-refractivity contribution is -0.136. The highest BCUT2D eigenvalue weighted by Gasteiger charge is 2.34. The fraction of sp³-hybridized carbons (Fsp3) is 0.609. The quantitative estimate of drug-likeness (QED) is 0.737. The van der Waals surface area contributed by atoms with Gasteiger partial charge in [0.25, 0.3) is 5.91 Å². The second kappa shape index (κ2) is 10.4. The highest BCUT2D eigenvalue weighted by molar-refractivity contribution is 5.98. The van der Waals surface area contributed by atoms with Gasteiger partial charge >= 0.3 is 0 Å². The number of nitrogens with zero attached hydrogens (tertiary/aromatic N) is 1. The average Bonchev–Trinajstić information content (AvgIpc) is 2.71. The molecular formula is C23H35N3O3. The smallest absolute Gasteiger partial charge is 0.252 e. The second-order valence-corrected chi connectivity index (χ2v) is 8.40. The van der Waals surface area contributed by atoms with Crippen molar-refractivity contribution in [1.29, 1.82) is 0 Å². The van der Waals surface area contributed by atoms with Crippen LogP contribution >= 0.6 is 0 Å². The molecule has 29 heavy (non-hydrogen) atoms. The summed E-state index contributed by atoms with van der Waals surface area (Å²) >= 11 is 0. The van der Waals surface area contributed by atoms with Crippen molar-refractivity contribution < 1.29 is 14.4 Å². The van der Waals surface area contributed by atoms with Gasteiger partial charge in [-0.15, -0.1) is 0 Å². The second-order valence-electron chi connectivity index (χ2n) is 8.40. The Labute approximate surface area is 174 Å². The zero-order valence-corrected chi connectivity index (χ0v) is 18.3. The molecule has 0 radical (unpaired) electrons. The van der Waals surface area contributed by atoms with Crippen molar-refractivity contribution in [3.63, 3.8) is 0 Å². The number of hydrogen-bond donors (Lipinski definition) is 2. The minimum atomic E-state index is -0.604. The van der Waals surface area contributed by atoms with E-state index in [1.165, 1.54) is 0 Å². The molecule has 0 saturated carbocycles. The van der Waals surface area contributed by atoms with E-state index in [4.69, 9.17) is 0 Å². The molecule has 2 atom stereocenters. The summed E-state index contributed by atoms with van der Waals surface area (Å²) in [7, 11) is 0. The Morgan fingerprint density at radius 3 is 2.24 bits per heavy atom. The summed E-state index contributed by atoms with van der Waals surface area (Å²) in [6, 6.07) is 6.82. The Hall–Kier alpha value is -2.37. The molecule has 1 aliphatic heterocycles. The predicted molar refractivity (Wildman–Crippen MR) is 114 cm³/mol. The molecule has 0 aliphatic carbocycles. The molecule has 1 heterocycles. The molecule has 1 fully saturated rings. The van der Waals surface area contributed by atoms with Gasteiger partial charge in [-0.25, -0.2) is 0 Å². The van der Waals surface area contributed by atoms with Gasteiger partial charge in [-0.3, -0.25) is 14.4 Å². The Morgan fingerprint density at radius 1 is 1.07 bits per heavy atom. The van der Waals surface area contributed by atoms with Gasteiger partial charge in [0.15, 0.2) is 0 Å². The number of aryl methyl sites for hydroxylation is 1. The summed E-state index contributed by atoms with van der Waals surface area (Å²) in [4.78, 5) is 40.0. The maximum Gasteiger partial charge on any atom is 0.252 e. The van der Waals surface area contributed by atoms with Crippen molar-refractivity contribution >= 4 is 17.7 Å². The zero-order chi connectivity index (χ0) is 21.6. The van der Waals surface area contributed by atoms with Gasteiger partial charge < -0.3 is 15.5 Å². The SMILES string of the molecule is CC[C@H](C)NC(=O)[C@@H](NC(=O)c1ccccc1C)C1CCN(C(=O)C(C)C)CC1. The summed E-state index contributed by atoms with van der Waals surface area (Å²) in [5, 5.41) is 6.00. The first-order valence-electron chi connectivity index (χ1n) is 10.7. The first-order chi connectivity index (χ1) is 13.7. The van der Waals surface area contributed by atoms with Gasteiger partial charge in [-0.1, -0.05) is 39.0 Å². The van der Waals surface area contributed by atoms with Gasteiger partial charge in [0.1, 0.15) is 6.04 Å². The largest absolute Gasteiger partial charge is 0.352 e. The molecule has 160 valence electrons. The summed E-state index contributed by atoms with van der Waals surface area (Å²) in [6.45, 7) is 10.9. The topological polar surface area (TPSA) is 78.5 Å². The molecule has 0 aromatic heterocycles. The lowest BCUT2D eigenvalue weighted by Crippen LogP contribution is -2.55. The molecule has 2 N–H and O–H groups in total. The van der Waals surface area contributed by atoms with E-state index in [-0.39, 0.29) is 35.6 Å². The molecule has 1 aromatic carbocycles. The minimum Gasteiger partial charge on any atom is -0.352 e. The van der Waals surface area contributed by atoms with Crippen LogP contribution in [0.15, 0.2) is 24.3 Å². The summed E-state index contributed by atoms with van der Waals surface area (Å²) in [6.07, 6.45) is 2.22. The number of carbonyl (C=O) groups excluding carboxylic acids is 3. The molecule has 3 amide bonds. The highest BCUT2D eigenvalue weighted by atomic mass is 16.2. The van der Waals surface area contributed by atoms with Gasteiger partial charge in [0.05, 0.1) is 0 Å². The number of hydrogen-bond acceptors (Lipinski definition) is 3. The summed E-state index contributed by atoms with van der Waals surface area (Å²) in [5.41, 5.74) is 1.46. The first kappa shape index (κ1) is 22.9. The van der Waals surface area contributed by atoms with E-state index < -0.39 is 6.04 Å². The van der Waals surface area contributed by atoms with Crippen molar-refractivity contribution in [2.24, 2.45) is 11.8 Å². The van der Waals surface area contributed by atoms with Crippen LogP contribution in [0.2, 0.25) is 0 Å². The molecule has 1 aromatic rings.